The predicted octanol–water partition coefficient (Wildman–Crippen LogP) is 2.04. The molecule has 0 saturated heterocycles. The number of nitrogen functional groups attached to an aromatic ring is 1. The highest BCUT2D eigenvalue weighted by molar-refractivity contribution is 5.84. The summed E-state index contributed by atoms with van der Waals surface area (Å²) < 4.78 is 5.32. The number of likely N-dealkylation sites (N-methyl/N-ethyl adjacent to an activating group) is 1. The first-order valence-electron chi connectivity index (χ1n) is 6.08. The number of hydrogen-bond donors (Lipinski definition) is 1. The highest BCUT2D eigenvalue weighted by Gasteiger charge is 2.33. The van der Waals surface area contributed by atoms with Crippen molar-refractivity contribution < 1.29 is 9.53 Å². The lowest BCUT2D eigenvalue weighted by Crippen LogP contribution is -2.46. The Morgan fingerprint density at radius 2 is 2.17 bits per heavy atom. The molecule has 0 fully saturated rings. The minimum absolute atomic E-state index is 0.0186. The molecule has 18 heavy (non-hydrogen) atoms. The number of carbonyl (C=O) groups is 1. The van der Waals surface area contributed by atoms with Gasteiger partial charge in [0.05, 0.1) is 0 Å². The summed E-state index contributed by atoms with van der Waals surface area (Å²) in [4.78, 5) is 14.0. The number of benzene rings is 1. The van der Waals surface area contributed by atoms with Crippen LogP contribution in [0.1, 0.15) is 25.8 Å². The Balaban J connectivity index is 2.77. The summed E-state index contributed by atoms with van der Waals surface area (Å²) in [6.45, 7) is 4.28. The first-order chi connectivity index (χ1) is 8.42. The molecule has 1 rings (SSSR count). The average molecular weight is 250 g/mol. The van der Waals surface area contributed by atoms with E-state index in [1.54, 1.807) is 19.1 Å². The van der Waals surface area contributed by atoms with Crippen LogP contribution in [0, 0.1) is 0 Å². The lowest BCUT2D eigenvalue weighted by molar-refractivity contribution is -0.152. The van der Waals surface area contributed by atoms with Crippen LogP contribution in [0.5, 0.6) is 0 Å². The highest BCUT2D eigenvalue weighted by atomic mass is 16.5. The van der Waals surface area contributed by atoms with Gasteiger partial charge in [0.15, 0.2) is 0 Å². The molecule has 4 heteroatoms. The molecule has 1 unspecified atom stereocenters. The van der Waals surface area contributed by atoms with Crippen LogP contribution < -0.4 is 5.73 Å². The second-order valence-corrected chi connectivity index (χ2v) is 4.69. The van der Waals surface area contributed by atoms with Gasteiger partial charge in [0, 0.05) is 26.4 Å². The number of amides is 1. The van der Waals surface area contributed by atoms with E-state index in [1.165, 1.54) is 0 Å². The third kappa shape index (κ3) is 3.23. The molecule has 100 valence electrons. The molecule has 0 aliphatic carbocycles. The summed E-state index contributed by atoms with van der Waals surface area (Å²) in [6, 6.07) is 7.55. The molecule has 0 saturated carbocycles. The molecular formula is C14H22N2O2. The van der Waals surface area contributed by atoms with Gasteiger partial charge in [0.25, 0.3) is 5.91 Å². The Bertz CT molecular complexity index is 414. The van der Waals surface area contributed by atoms with Gasteiger partial charge in [-0.05, 0) is 31.0 Å². The minimum atomic E-state index is -0.755. The molecule has 0 aromatic heterocycles. The summed E-state index contributed by atoms with van der Waals surface area (Å²) in [7, 11) is 3.34. The first kappa shape index (κ1) is 14.5. The maximum atomic E-state index is 12.3. The normalized spacial score (nSPS) is 14.0. The SMILES string of the molecule is CCC(C)(OC)C(=O)N(C)Cc1cccc(N)c1. The molecule has 4 nitrogen and oxygen atoms in total. The van der Waals surface area contributed by atoms with E-state index in [-0.39, 0.29) is 5.91 Å². The maximum absolute atomic E-state index is 12.3. The van der Waals surface area contributed by atoms with Crippen molar-refractivity contribution in [3.05, 3.63) is 29.8 Å². The second kappa shape index (κ2) is 5.87. The molecule has 1 amide bonds. The number of nitrogens with zero attached hydrogens (tertiary/aromatic N) is 1. The smallest absolute Gasteiger partial charge is 0.254 e. The molecule has 1 atom stereocenters. The molecule has 0 radical (unpaired) electrons. The van der Waals surface area contributed by atoms with Crippen LogP contribution in [0.4, 0.5) is 5.69 Å². The van der Waals surface area contributed by atoms with E-state index in [0.29, 0.717) is 18.7 Å². The van der Waals surface area contributed by atoms with Crippen molar-refractivity contribution >= 4 is 11.6 Å². The van der Waals surface area contributed by atoms with E-state index < -0.39 is 5.60 Å². The zero-order valence-electron chi connectivity index (χ0n) is 11.6. The van der Waals surface area contributed by atoms with Crippen molar-refractivity contribution in [1.82, 2.24) is 4.90 Å². The van der Waals surface area contributed by atoms with Gasteiger partial charge in [0.1, 0.15) is 5.60 Å². The van der Waals surface area contributed by atoms with Crippen molar-refractivity contribution in [1.29, 1.82) is 0 Å². The quantitative estimate of drug-likeness (QED) is 0.814. The maximum Gasteiger partial charge on any atom is 0.254 e. The molecule has 0 bridgehead atoms. The zero-order chi connectivity index (χ0) is 13.8. The van der Waals surface area contributed by atoms with Crippen LogP contribution in [0.3, 0.4) is 0 Å². The van der Waals surface area contributed by atoms with Crippen molar-refractivity contribution in [3.63, 3.8) is 0 Å². The largest absolute Gasteiger partial charge is 0.399 e. The number of nitrogens with two attached hydrogens (primary N) is 1. The molecule has 1 aromatic carbocycles. The summed E-state index contributed by atoms with van der Waals surface area (Å²) in [6.07, 6.45) is 0.642. The summed E-state index contributed by atoms with van der Waals surface area (Å²) in [5.74, 6) is -0.0186. The summed E-state index contributed by atoms with van der Waals surface area (Å²) in [5, 5.41) is 0. The van der Waals surface area contributed by atoms with Crippen molar-refractivity contribution in [2.45, 2.75) is 32.4 Å². The molecule has 1 aromatic rings. The molecule has 0 heterocycles. The van der Waals surface area contributed by atoms with E-state index in [9.17, 15) is 4.79 Å². The van der Waals surface area contributed by atoms with Crippen molar-refractivity contribution in [2.75, 3.05) is 19.9 Å². The zero-order valence-corrected chi connectivity index (χ0v) is 11.6. The summed E-state index contributed by atoms with van der Waals surface area (Å²) >= 11 is 0. The van der Waals surface area contributed by atoms with E-state index in [1.807, 2.05) is 38.1 Å². The van der Waals surface area contributed by atoms with Gasteiger partial charge in [0.2, 0.25) is 0 Å². The van der Waals surface area contributed by atoms with Gasteiger partial charge in [-0.15, -0.1) is 0 Å². The van der Waals surface area contributed by atoms with E-state index in [0.717, 1.165) is 5.56 Å². The number of methoxy groups -OCH3 is 1. The average Bonchev–Trinajstić information content (AvgIpc) is 2.37. The van der Waals surface area contributed by atoms with E-state index in [4.69, 9.17) is 10.5 Å². The number of hydrogen-bond acceptors (Lipinski definition) is 3. The molecular weight excluding hydrogens is 228 g/mol. The van der Waals surface area contributed by atoms with Crippen LogP contribution in [0.2, 0.25) is 0 Å². The monoisotopic (exact) mass is 250 g/mol. The van der Waals surface area contributed by atoms with Crippen LogP contribution >= 0.6 is 0 Å². The molecule has 0 spiro atoms. The Kier molecular flexibility index (Phi) is 4.73. The molecule has 0 aliphatic rings. The fourth-order valence-corrected chi connectivity index (χ4v) is 1.82. The Hall–Kier alpha value is -1.55. The van der Waals surface area contributed by atoms with Crippen molar-refractivity contribution in [2.24, 2.45) is 0 Å². The summed E-state index contributed by atoms with van der Waals surface area (Å²) in [5.41, 5.74) is 6.69. The van der Waals surface area contributed by atoms with E-state index >= 15 is 0 Å². The topological polar surface area (TPSA) is 55.6 Å². The number of rotatable bonds is 5. The van der Waals surface area contributed by atoms with Crippen LogP contribution in [-0.4, -0.2) is 30.6 Å². The molecule has 0 aliphatic heterocycles. The third-order valence-electron chi connectivity index (χ3n) is 3.30. The van der Waals surface area contributed by atoms with Crippen molar-refractivity contribution in [3.8, 4) is 0 Å². The lowest BCUT2D eigenvalue weighted by atomic mass is 10.0. The second-order valence-electron chi connectivity index (χ2n) is 4.69. The number of ether oxygens (including phenoxy) is 1. The highest BCUT2D eigenvalue weighted by Crippen LogP contribution is 2.18. The standard InChI is InChI=1S/C14H22N2O2/c1-5-14(2,18-4)13(17)16(3)10-11-7-6-8-12(15)9-11/h6-9H,5,10,15H2,1-4H3. The Morgan fingerprint density at radius 3 is 2.67 bits per heavy atom. The molecule has 2 N–H and O–H groups in total. The van der Waals surface area contributed by atoms with Gasteiger partial charge in [-0.3, -0.25) is 4.79 Å². The van der Waals surface area contributed by atoms with Crippen LogP contribution in [0.15, 0.2) is 24.3 Å². The van der Waals surface area contributed by atoms with Gasteiger partial charge < -0.3 is 15.4 Å². The van der Waals surface area contributed by atoms with Gasteiger partial charge in [-0.2, -0.15) is 0 Å². The lowest BCUT2D eigenvalue weighted by Gasteiger charge is -2.30. The van der Waals surface area contributed by atoms with Gasteiger partial charge in [-0.1, -0.05) is 19.1 Å². The Labute approximate surface area is 109 Å². The fraction of sp³-hybridized carbons (Fsp3) is 0.500. The van der Waals surface area contributed by atoms with E-state index in [2.05, 4.69) is 0 Å². The fourth-order valence-electron chi connectivity index (χ4n) is 1.82. The predicted molar refractivity (Wildman–Crippen MR) is 73.0 cm³/mol. The van der Waals surface area contributed by atoms with Crippen LogP contribution in [0.25, 0.3) is 0 Å². The minimum Gasteiger partial charge on any atom is -0.399 e. The first-order valence-corrected chi connectivity index (χ1v) is 6.08. The van der Waals surface area contributed by atoms with Crippen LogP contribution in [-0.2, 0) is 16.1 Å². The van der Waals surface area contributed by atoms with Gasteiger partial charge >= 0.3 is 0 Å². The third-order valence-corrected chi connectivity index (χ3v) is 3.30. The van der Waals surface area contributed by atoms with Gasteiger partial charge in [-0.25, -0.2) is 0 Å². The number of anilines is 1. The number of carbonyl (C=O) groups excluding carboxylic acids is 1. The Morgan fingerprint density at radius 1 is 1.50 bits per heavy atom.